The summed E-state index contributed by atoms with van der Waals surface area (Å²) in [5, 5.41) is 12.3. The van der Waals surface area contributed by atoms with Gasteiger partial charge in [-0.1, -0.05) is 48.0 Å². The fourth-order valence-electron chi connectivity index (χ4n) is 2.63. The molecule has 0 saturated carbocycles. The SMILES string of the molecule is COc1ccc(NC(=O)[C@@H](Oc2cccc(C#N)c2)c2ccccc2)cc1Cl. The lowest BCUT2D eigenvalue weighted by Gasteiger charge is -2.19. The van der Waals surface area contributed by atoms with E-state index in [1.807, 2.05) is 18.2 Å². The molecule has 1 atom stereocenters. The van der Waals surface area contributed by atoms with E-state index in [2.05, 4.69) is 11.4 Å². The Hall–Kier alpha value is -3.49. The van der Waals surface area contributed by atoms with Gasteiger partial charge in [-0.25, -0.2) is 0 Å². The zero-order chi connectivity index (χ0) is 19.9. The Bertz CT molecular complexity index is 1020. The monoisotopic (exact) mass is 392 g/mol. The highest BCUT2D eigenvalue weighted by Crippen LogP contribution is 2.29. The molecule has 3 rings (SSSR count). The largest absolute Gasteiger partial charge is 0.495 e. The van der Waals surface area contributed by atoms with Crippen molar-refractivity contribution < 1.29 is 14.3 Å². The Balaban J connectivity index is 1.87. The molecule has 0 saturated heterocycles. The van der Waals surface area contributed by atoms with Crippen LogP contribution in [0.3, 0.4) is 0 Å². The summed E-state index contributed by atoms with van der Waals surface area (Å²) in [6, 6.07) is 22.8. The molecule has 0 unspecified atom stereocenters. The van der Waals surface area contributed by atoms with Crippen LogP contribution >= 0.6 is 11.6 Å². The third-order valence-electron chi connectivity index (χ3n) is 3.98. The maximum absolute atomic E-state index is 13.0. The first-order valence-electron chi connectivity index (χ1n) is 8.47. The van der Waals surface area contributed by atoms with Crippen LogP contribution in [0.1, 0.15) is 17.2 Å². The van der Waals surface area contributed by atoms with Gasteiger partial charge in [0.1, 0.15) is 11.5 Å². The van der Waals surface area contributed by atoms with Crippen molar-refractivity contribution >= 4 is 23.2 Å². The number of nitrogens with zero attached hydrogens (tertiary/aromatic N) is 1. The van der Waals surface area contributed by atoms with E-state index in [1.165, 1.54) is 7.11 Å². The maximum atomic E-state index is 13.0. The van der Waals surface area contributed by atoms with Crippen LogP contribution in [-0.2, 0) is 4.79 Å². The number of anilines is 1. The zero-order valence-electron chi connectivity index (χ0n) is 15.1. The van der Waals surface area contributed by atoms with Crippen LogP contribution < -0.4 is 14.8 Å². The molecule has 3 aromatic carbocycles. The summed E-state index contributed by atoms with van der Waals surface area (Å²) < 4.78 is 11.1. The summed E-state index contributed by atoms with van der Waals surface area (Å²) in [6.45, 7) is 0. The fourth-order valence-corrected chi connectivity index (χ4v) is 2.89. The number of amides is 1. The predicted molar refractivity (Wildman–Crippen MR) is 108 cm³/mol. The summed E-state index contributed by atoms with van der Waals surface area (Å²) in [7, 11) is 1.52. The standard InChI is InChI=1S/C22H17ClN2O3/c1-27-20-11-10-17(13-19(20)23)25-22(26)21(16-7-3-2-4-8-16)28-18-9-5-6-15(12-18)14-24/h2-13,21H,1H3,(H,25,26)/t21-/m0/s1. The van der Waals surface area contributed by atoms with Crippen molar-refractivity contribution in [3.63, 3.8) is 0 Å². The second-order valence-corrected chi connectivity index (χ2v) is 6.29. The summed E-state index contributed by atoms with van der Waals surface area (Å²) >= 11 is 6.13. The lowest BCUT2D eigenvalue weighted by molar-refractivity contribution is -0.123. The Kier molecular flexibility index (Phi) is 6.15. The molecule has 6 heteroatoms. The highest BCUT2D eigenvalue weighted by Gasteiger charge is 2.23. The number of benzene rings is 3. The number of ether oxygens (including phenoxy) is 2. The number of nitrogens with one attached hydrogen (secondary N) is 1. The summed E-state index contributed by atoms with van der Waals surface area (Å²) in [6.07, 6.45) is -0.906. The summed E-state index contributed by atoms with van der Waals surface area (Å²) in [4.78, 5) is 13.0. The number of methoxy groups -OCH3 is 1. The number of hydrogen-bond acceptors (Lipinski definition) is 4. The molecular weight excluding hydrogens is 376 g/mol. The van der Waals surface area contributed by atoms with Crippen LogP contribution in [-0.4, -0.2) is 13.0 Å². The van der Waals surface area contributed by atoms with Gasteiger partial charge in [0.25, 0.3) is 5.91 Å². The summed E-state index contributed by atoms with van der Waals surface area (Å²) in [5.74, 6) is 0.578. The smallest absolute Gasteiger partial charge is 0.270 e. The molecule has 0 heterocycles. The van der Waals surface area contributed by atoms with Gasteiger partial charge in [0.15, 0.2) is 0 Å². The van der Waals surface area contributed by atoms with Crippen LogP contribution in [0.5, 0.6) is 11.5 Å². The number of carbonyl (C=O) groups is 1. The Morgan fingerprint density at radius 1 is 1.07 bits per heavy atom. The van der Waals surface area contributed by atoms with Gasteiger partial charge in [-0.2, -0.15) is 5.26 Å². The minimum atomic E-state index is -0.906. The molecule has 140 valence electrons. The highest BCUT2D eigenvalue weighted by atomic mass is 35.5. The molecule has 0 spiro atoms. The summed E-state index contributed by atoms with van der Waals surface area (Å²) in [5.41, 5.74) is 1.65. The first-order chi connectivity index (χ1) is 13.6. The van der Waals surface area contributed by atoms with Crippen molar-refractivity contribution in [3.8, 4) is 17.6 Å². The van der Waals surface area contributed by atoms with Gasteiger partial charge in [0.2, 0.25) is 6.10 Å². The molecule has 0 aliphatic heterocycles. The van der Waals surface area contributed by atoms with Gasteiger partial charge in [0, 0.05) is 11.3 Å². The molecule has 0 aromatic heterocycles. The number of carbonyl (C=O) groups excluding carboxylic acids is 1. The topological polar surface area (TPSA) is 71.3 Å². The van der Waals surface area contributed by atoms with Crippen molar-refractivity contribution in [2.24, 2.45) is 0 Å². The van der Waals surface area contributed by atoms with Crippen molar-refractivity contribution in [3.05, 3.63) is 88.9 Å². The zero-order valence-corrected chi connectivity index (χ0v) is 15.8. The van der Waals surface area contributed by atoms with Gasteiger partial charge in [-0.15, -0.1) is 0 Å². The lowest BCUT2D eigenvalue weighted by Crippen LogP contribution is -2.25. The van der Waals surface area contributed by atoms with Gasteiger partial charge in [0.05, 0.1) is 23.8 Å². The first-order valence-corrected chi connectivity index (χ1v) is 8.84. The molecule has 0 fully saturated rings. The van der Waals surface area contributed by atoms with Gasteiger partial charge in [-0.05, 0) is 36.4 Å². The Morgan fingerprint density at radius 3 is 2.54 bits per heavy atom. The van der Waals surface area contributed by atoms with E-state index in [0.717, 1.165) is 0 Å². The van der Waals surface area contributed by atoms with E-state index < -0.39 is 6.10 Å². The molecule has 0 aliphatic carbocycles. The van der Waals surface area contributed by atoms with Crippen LogP contribution in [0.2, 0.25) is 5.02 Å². The van der Waals surface area contributed by atoms with Gasteiger partial charge >= 0.3 is 0 Å². The van der Waals surface area contributed by atoms with Gasteiger partial charge in [-0.3, -0.25) is 4.79 Å². The minimum absolute atomic E-state index is 0.366. The molecule has 28 heavy (non-hydrogen) atoms. The lowest BCUT2D eigenvalue weighted by atomic mass is 10.1. The van der Waals surface area contributed by atoms with Crippen LogP contribution in [0, 0.1) is 11.3 Å². The van der Waals surface area contributed by atoms with E-state index in [4.69, 9.17) is 26.3 Å². The van der Waals surface area contributed by atoms with Gasteiger partial charge < -0.3 is 14.8 Å². The average Bonchev–Trinajstić information content (AvgIpc) is 2.73. The predicted octanol–water partition coefficient (Wildman–Crippen LogP) is 4.98. The third-order valence-corrected chi connectivity index (χ3v) is 4.27. The molecule has 1 N–H and O–H groups in total. The van der Waals surface area contributed by atoms with Crippen molar-refractivity contribution in [1.82, 2.24) is 0 Å². The quantitative estimate of drug-likeness (QED) is 0.642. The number of nitriles is 1. The van der Waals surface area contributed by atoms with E-state index in [1.54, 1.807) is 54.6 Å². The van der Waals surface area contributed by atoms with E-state index in [0.29, 0.717) is 33.3 Å². The second-order valence-electron chi connectivity index (χ2n) is 5.89. The Labute approximate surface area is 168 Å². The van der Waals surface area contributed by atoms with Crippen molar-refractivity contribution in [2.45, 2.75) is 6.10 Å². The van der Waals surface area contributed by atoms with Crippen molar-refractivity contribution in [1.29, 1.82) is 5.26 Å². The normalized spacial score (nSPS) is 11.2. The van der Waals surface area contributed by atoms with Crippen molar-refractivity contribution in [2.75, 3.05) is 12.4 Å². The van der Waals surface area contributed by atoms with E-state index in [-0.39, 0.29) is 5.91 Å². The average molecular weight is 393 g/mol. The van der Waals surface area contributed by atoms with Crippen LogP contribution in [0.4, 0.5) is 5.69 Å². The fraction of sp³-hybridized carbons (Fsp3) is 0.0909. The minimum Gasteiger partial charge on any atom is -0.495 e. The number of halogens is 1. The molecule has 1 amide bonds. The molecular formula is C22H17ClN2O3. The number of rotatable bonds is 6. The second kappa shape index (κ2) is 8.94. The molecule has 0 radical (unpaired) electrons. The molecule has 0 aliphatic rings. The van der Waals surface area contributed by atoms with E-state index in [9.17, 15) is 4.79 Å². The molecule has 5 nitrogen and oxygen atoms in total. The van der Waals surface area contributed by atoms with Crippen LogP contribution in [0.25, 0.3) is 0 Å². The first kappa shape index (κ1) is 19.3. The number of hydrogen-bond donors (Lipinski definition) is 1. The van der Waals surface area contributed by atoms with Crippen LogP contribution in [0.15, 0.2) is 72.8 Å². The Morgan fingerprint density at radius 2 is 1.86 bits per heavy atom. The maximum Gasteiger partial charge on any atom is 0.270 e. The molecule has 0 bridgehead atoms. The molecule has 3 aromatic rings. The van der Waals surface area contributed by atoms with E-state index >= 15 is 0 Å². The highest BCUT2D eigenvalue weighted by molar-refractivity contribution is 6.32. The third kappa shape index (κ3) is 4.61.